The zero-order valence-corrected chi connectivity index (χ0v) is 11.2. The van der Waals surface area contributed by atoms with Crippen molar-refractivity contribution in [1.82, 2.24) is 9.97 Å². The molecule has 0 radical (unpaired) electrons. The van der Waals surface area contributed by atoms with Crippen molar-refractivity contribution in [1.29, 1.82) is 0 Å². The van der Waals surface area contributed by atoms with E-state index in [0.717, 1.165) is 24.3 Å². The van der Waals surface area contributed by atoms with Crippen LogP contribution in [0.5, 0.6) is 0 Å². The van der Waals surface area contributed by atoms with E-state index in [4.69, 9.17) is 10.0 Å². The molecule has 2 aromatic rings. The van der Waals surface area contributed by atoms with Crippen LogP contribution in [0.3, 0.4) is 0 Å². The van der Waals surface area contributed by atoms with Crippen molar-refractivity contribution in [2.45, 2.75) is 0 Å². The Labute approximate surface area is 119 Å². The Balaban J connectivity index is 0.000000204. The fourth-order valence-corrected chi connectivity index (χ4v) is 1.45. The van der Waals surface area contributed by atoms with Crippen LogP contribution in [-0.2, 0) is 0 Å². The van der Waals surface area contributed by atoms with Gasteiger partial charge in [-0.15, -0.1) is 0 Å². The average molecular weight is 353 g/mol. The minimum atomic E-state index is -1.87. The maximum absolute atomic E-state index is 12.2. The molecule has 2 N–H and O–H groups in total. The molecule has 0 saturated heterocycles. The summed E-state index contributed by atoms with van der Waals surface area (Å²) in [5.74, 6) is -3.79. The summed E-state index contributed by atoms with van der Waals surface area (Å²) in [6.45, 7) is 0. The van der Waals surface area contributed by atoms with Crippen molar-refractivity contribution >= 4 is 28.5 Å². The van der Waals surface area contributed by atoms with E-state index >= 15 is 0 Å². The first-order chi connectivity index (χ1) is 9.27. The summed E-state index contributed by atoms with van der Waals surface area (Å²) in [6, 6.07) is 3.66. The lowest BCUT2D eigenvalue weighted by molar-refractivity contribution is 0.423. The Hall–Kier alpha value is -1.52. The second-order valence-electron chi connectivity index (χ2n) is 3.35. The first-order valence-corrected chi connectivity index (χ1v) is 5.75. The molecule has 2 rings (SSSR count). The summed E-state index contributed by atoms with van der Waals surface area (Å²) >= 11 is 2.89. The van der Waals surface area contributed by atoms with E-state index in [1.165, 1.54) is 0 Å². The molecule has 0 saturated carbocycles. The number of rotatable bonds is 1. The summed E-state index contributed by atoms with van der Waals surface area (Å²) in [5.41, 5.74) is -0.255. The van der Waals surface area contributed by atoms with Gasteiger partial charge in [0.15, 0.2) is 0 Å². The lowest BCUT2D eigenvalue weighted by atomic mass is 9.81. The summed E-state index contributed by atoms with van der Waals surface area (Å²) in [7, 11) is -1.87. The summed E-state index contributed by atoms with van der Waals surface area (Å²) < 4.78 is 48.9. The number of nitrogens with zero attached hydrogens (tertiary/aromatic N) is 2. The average Bonchev–Trinajstić information content (AvgIpc) is 2.26. The van der Waals surface area contributed by atoms with Crippen LogP contribution in [0.1, 0.15) is 0 Å². The van der Waals surface area contributed by atoms with Gasteiger partial charge >= 0.3 is 7.12 Å². The maximum Gasteiger partial charge on any atom is 0.488 e. The molecule has 106 valence electrons. The molecule has 0 bridgehead atoms. The molecule has 0 aromatic carbocycles. The van der Waals surface area contributed by atoms with E-state index in [2.05, 4.69) is 25.9 Å². The van der Waals surface area contributed by atoms with Crippen LogP contribution in [0.15, 0.2) is 28.7 Å². The fraction of sp³-hybridized carbons (Fsp3) is 0. The lowest BCUT2D eigenvalue weighted by Crippen LogP contribution is -2.30. The summed E-state index contributed by atoms with van der Waals surface area (Å²) in [4.78, 5) is 5.63. The fourth-order valence-electron chi connectivity index (χ4n) is 1.07. The maximum atomic E-state index is 12.2. The number of aromatic nitrogens is 2. The topological polar surface area (TPSA) is 66.2 Å². The standard InChI is InChI=1S/C5H4BF2NO2.C5H2BrF2N/c7-4-1-3(6(10)11)2-5(8)9-4;6-3-1-4(7)9-5(8)2-3/h1-2,10-11H;1-2H. The largest absolute Gasteiger partial charge is 0.488 e. The zero-order chi connectivity index (χ0) is 15.3. The Morgan fingerprint density at radius 2 is 1.15 bits per heavy atom. The van der Waals surface area contributed by atoms with Crippen molar-refractivity contribution in [3.05, 3.63) is 52.5 Å². The molecular formula is C10H6BBrF4N2O2. The monoisotopic (exact) mass is 352 g/mol. The molecule has 0 unspecified atom stereocenters. The van der Waals surface area contributed by atoms with Gasteiger partial charge in [0.2, 0.25) is 23.8 Å². The van der Waals surface area contributed by atoms with Crippen molar-refractivity contribution in [2.24, 2.45) is 0 Å². The van der Waals surface area contributed by atoms with Crippen LogP contribution in [0.4, 0.5) is 17.6 Å². The minimum absolute atomic E-state index is 0.255. The van der Waals surface area contributed by atoms with Crippen LogP contribution < -0.4 is 5.46 Å². The SMILES string of the molecule is Fc1cc(Br)cc(F)n1.OB(O)c1cc(F)nc(F)c1. The first kappa shape index (κ1) is 16.5. The van der Waals surface area contributed by atoms with Gasteiger partial charge in [-0.05, 0) is 17.6 Å². The number of halogens is 5. The number of hydrogen-bond donors (Lipinski definition) is 2. The van der Waals surface area contributed by atoms with Crippen molar-refractivity contribution in [2.75, 3.05) is 0 Å². The molecule has 0 fully saturated rings. The quantitative estimate of drug-likeness (QED) is 0.459. The van der Waals surface area contributed by atoms with Gasteiger partial charge in [-0.2, -0.15) is 27.5 Å². The highest BCUT2D eigenvalue weighted by atomic mass is 79.9. The highest BCUT2D eigenvalue weighted by molar-refractivity contribution is 9.10. The van der Waals surface area contributed by atoms with E-state index in [1.54, 1.807) is 0 Å². The van der Waals surface area contributed by atoms with E-state index in [0.29, 0.717) is 4.47 Å². The second-order valence-corrected chi connectivity index (χ2v) is 4.27. The first-order valence-electron chi connectivity index (χ1n) is 4.95. The smallest absolute Gasteiger partial charge is 0.423 e. The molecule has 10 heteroatoms. The molecule has 2 aromatic heterocycles. The van der Waals surface area contributed by atoms with Crippen molar-refractivity contribution in [3.8, 4) is 0 Å². The van der Waals surface area contributed by atoms with Gasteiger partial charge in [-0.25, -0.2) is 0 Å². The Kier molecular flexibility index (Phi) is 6.05. The highest BCUT2D eigenvalue weighted by Crippen LogP contribution is 2.10. The Morgan fingerprint density at radius 3 is 1.45 bits per heavy atom. The van der Waals surface area contributed by atoms with Gasteiger partial charge < -0.3 is 10.0 Å². The molecule has 0 atom stereocenters. The van der Waals surface area contributed by atoms with E-state index in [1.807, 2.05) is 0 Å². The molecule has 2 heterocycles. The normalized spacial score (nSPS) is 9.75. The van der Waals surface area contributed by atoms with Gasteiger partial charge in [-0.3, -0.25) is 0 Å². The van der Waals surface area contributed by atoms with Crippen LogP contribution in [-0.4, -0.2) is 27.1 Å². The van der Waals surface area contributed by atoms with E-state index < -0.39 is 30.9 Å². The van der Waals surface area contributed by atoms with Crippen LogP contribution in [0.25, 0.3) is 0 Å². The summed E-state index contributed by atoms with van der Waals surface area (Å²) in [6.07, 6.45) is 0. The summed E-state index contributed by atoms with van der Waals surface area (Å²) in [5, 5.41) is 16.9. The third-order valence-electron chi connectivity index (χ3n) is 1.81. The molecule has 0 spiro atoms. The minimum Gasteiger partial charge on any atom is -0.423 e. The van der Waals surface area contributed by atoms with Gasteiger partial charge in [0.25, 0.3) is 0 Å². The third-order valence-corrected chi connectivity index (χ3v) is 2.27. The third kappa shape index (κ3) is 5.64. The molecule has 0 aliphatic heterocycles. The Bertz CT molecular complexity index is 533. The predicted octanol–water partition coefficient (Wildman–Crippen LogP) is 1.16. The number of hydrogen-bond acceptors (Lipinski definition) is 4. The zero-order valence-electron chi connectivity index (χ0n) is 9.57. The van der Waals surface area contributed by atoms with Crippen molar-refractivity contribution < 1.29 is 27.6 Å². The molecule has 0 amide bonds. The van der Waals surface area contributed by atoms with Crippen LogP contribution in [0.2, 0.25) is 0 Å². The molecule has 0 aliphatic carbocycles. The predicted molar refractivity (Wildman–Crippen MR) is 65.8 cm³/mol. The molecule has 0 aliphatic rings. The Morgan fingerprint density at radius 1 is 0.800 bits per heavy atom. The van der Waals surface area contributed by atoms with Gasteiger partial charge in [0, 0.05) is 16.6 Å². The van der Waals surface area contributed by atoms with Crippen LogP contribution >= 0.6 is 15.9 Å². The van der Waals surface area contributed by atoms with Crippen molar-refractivity contribution in [3.63, 3.8) is 0 Å². The van der Waals surface area contributed by atoms with Crippen LogP contribution in [0, 0.1) is 23.8 Å². The number of pyridine rings is 2. The molecule has 4 nitrogen and oxygen atoms in total. The lowest BCUT2D eigenvalue weighted by Gasteiger charge is -1.97. The van der Waals surface area contributed by atoms with E-state index in [-0.39, 0.29) is 5.46 Å². The van der Waals surface area contributed by atoms with Gasteiger partial charge in [-0.1, -0.05) is 15.9 Å². The molecule has 20 heavy (non-hydrogen) atoms. The highest BCUT2D eigenvalue weighted by Gasteiger charge is 2.13. The van der Waals surface area contributed by atoms with E-state index in [9.17, 15) is 17.6 Å². The molecular weight excluding hydrogens is 347 g/mol. The second kappa shape index (κ2) is 7.32. The van der Waals surface area contributed by atoms with Gasteiger partial charge in [0.05, 0.1) is 0 Å². The van der Waals surface area contributed by atoms with Gasteiger partial charge in [0.1, 0.15) is 0 Å².